The molecule has 1 aromatic carbocycles. The highest BCUT2D eigenvalue weighted by molar-refractivity contribution is 5.94. The number of nitriles is 1. The molecule has 1 fully saturated rings. The van der Waals surface area contributed by atoms with Gasteiger partial charge in [0.1, 0.15) is 6.33 Å². The lowest BCUT2D eigenvalue weighted by Gasteiger charge is -2.12. The van der Waals surface area contributed by atoms with Gasteiger partial charge in [-0.3, -0.25) is 4.79 Å². The molecule has 0 bridgehead atoms. The molecule has 0 radical (unpaired) electrons. The zero-order valence-corrected chi connectivity index (χ0v) is 17.2. The third-order valence-corrected chi connectivity index (χ3v) is 5.64. The maximum Gasteiger partial charge on any atom is 0.251 e. The molecular formula is C23H24N6O. The SMILES string of the molecule is CCc1ccc(-n2ncnc2CNC(=O)c2cc(CC)cc(C3(C#N)CC3)c2)nc1. The monoisotopic (exact) mass is 400 g/mol. The van der Waals surface area contributed by atoms with E-state index in [1.807, 2.05) is 37.4 Å². The summed E-state index contributed by atoms with van der Waals surface area (Å²) in [5.74, 6) is 1.07. The van der Waals surface area contributed by atoms with E-state index in [4.69, 9.17) is 0 Å². The second-order valence-corrected chi connectivity index (χ2v) is 7.62. The summed E-state index contributed by atoms with van der Waals surface area (Å²) in [4.78, 5) is 21.6. The van der Waals surface area contributed by atoms with E-state index in [0.717, 1.165) is 42.4 Å². The molecule has 1 aliphatic carbocycles. The highest BCUT2D eigenvalue weighted by Crippen LogP contribution is 2.48. The largest absolute Gasteiger partial charge is 0.345 e. The van der Waals surface area contributed by atoms with Crippen molar-refractivity contribution in [3.63, 3.8) is 0 Å². The maximum atomic E-state index is 12.9. The second kappa shape index (κ2) is 8.07. The molecule has 0 spiro atoms. The number of rotatable bonds is 7. The van der Waals surface area contributed by atoms with E-state index in [1.54, 1.807) is 4.68 Å². The molecule has 2 heterocycles. The van der Waals surface area contributed by atoms with Crippen LogP contribution in [0.3, 0.4) is 0 Å². The van der Waals surface area contributed by atoms with E-state index in [2.05, 4.69) is 39.4 Å². The number of pyridine rings is 1. The van der Waals surface area contributed by atoms with Crippen molar-refractivity contribution in [1.82, 2.24) is 25.1 Å². The molecule has 1 aliphatic rings. The minimum atomic E-state index is -0.420. The van der Waals surface area contributed by atoms with Gasteiger partial charge >= 0.3 is 0 Å². The number of benzene rings is 1. The molecule has 1 N–H and O–H groups in total. The molecule has 0 unspecified atom stereocenters. The van der Waals surface area contributed by atoms with Gasteiger partial charge in [0.25, 0.3) is 5.91 Å². The average Bonchev–Trinajstić information content (AvgIpc) is 3.47. The standard InChI is InChI=1S/C23H24N6O/c1-3-16-5-6-20(25-12-16)29-21(27-15-28-29)13-26-22(30)18-9-17(4-2)10-19(11-18)23(14-24)7-8-23/h5-6,9-12,15H,3-4,7-8,13H2,1-2H3,(H,26,30). The van der Waals surface area contributed by atoms with E-state index in [1.165, 1.54) is 6.33 Å². The van der Waals surface area contributed by atoms with Crippen LogP contribution in [0.2, 0.25) is 0 Å². The van der Waals surface area contributed by atoms with Crippen LogP contribution in [0.25, 0.3) is 5.82 Å². The average molecular weight is 400 g/mol. The van der Waals surface area contributed by atoms with Crippen LogP contribution >= 0.6 is 0 Å². The minimum Gasteiger partial charge on any atom is -0.345 e. The van der Waals surface area contributed by atoms with Gasteiger partial charge in [-0.25, -0.2) is 9.97 Å². The Labute approximate surface area is 175 Å². The normalized spacial score (nSPS) is 14.2. The van der Waals surface area contributed by atoms with Gasteiger partial charge in [-0.2, -0.15) is 15.0 Å². The van der Waals surface area contributed by atoms with Crippen LogP contribution in [0.4, 0.5) is 0 Å². The Hall–Kier alpha value is -3.53. The lowest BCUT2D eigenvalue weighted by atomic mass is 9.92. The highest BCUT2D eigenvalue weighted by Gasteiger charge is 2.45. The summed E-state index contributed by atoms with van der Waals surface area (Å²) in [5.41, 5.74) is 3.30. The molecule has 0 saturated heterocycles. The summed E-state index contributed by atoms with van der Waals surface area (Å²) in [6.45, 7) is 4.35. The summed E-state index contributed by atoms with van der Waals surface area (Å²) >= 11 is 0. The Morgan fingerprint density at radius 2 is 1.97 bits per heavy atom. The van der Waals surface area contributed by atoms with Crippen LogP contribution in [0, 0.1) is 11.3 Å². The quantitative estimate of drug-likeness (QED) is 0.656. The van der Waals surface area contributed by atoms with Gasteiger partial charge in [0.15, 0.2) is 11.6 Å². The molecule has 2 aromatic heterocycles. The predicted octanol–water partition coefficient (Wildman–Crippen LogP) is 3.27. The number of hydrogen-bond donors (Lipinski definition) is 1. The van der Waals surface area contributed by atoms with Crippen molar-refractivity contribution in [3.8, 4) is 11.9 Å². The number of aromatic nitrogens is 4. The first-order valence-corrected chi connectivity index (χ1v) is 10.3. The Balaban J connectivity index is 1.51. The Morgan fingerprint density at radius 3 is 2.60 bits per heavy atom. The van der Waals surface area contributed by atoms with Crippen molar-refractivity contribution in [3.05, 3.63) is 70.9 Å². The van der Waals surface area contributed by atoms with Crippen LogP contribution in [0.15, 0.2) is 42.9 Å². The van der Waals surface area contributed by atoms with Gasteiger partial charge in [-0.1, -0.05) is 26.0 Å². The molecule has 3 aromatic rings. The van der Waals surface area contributed by atoms with Crippen molar-refractivity contribution in [2.75, 3.05) is 0 Å². The highest BCUT2D eigenvalue weighted by atomic mass is 16.1. The number of carbonyl (C=O) groups excluding carboxylic acids is 1. The number of aryl methyl sites for hydroxylation is 2. The van der Waals surface area contributed by atoms with E-state index < -0.39 is 5.41 Å². The summed E-state index contributed by atoms with van der Waals surface area (Å²) in [5, 5.41) is 16.7. The fraction of sp³-hybridized carbons (Fsp3) is 0.348. The maximum absolute atomic E-state index is 12.9. The first kappa shape index (κ1) is 19.8. The summed E-state index contributed by atoms with van der Waals surface area (Å²) < 4.78 is 1.63. The zero-order chi connectivity index (χ0) is 21.1. The number of hydrogen-bond acceptors (Lipinski definition) is 5. The molecule has 152 valence electrons. The fourth-order valence-electron chi connectivity index (χ4n) is 3.48. The third-order valence-electron chi connectivity index (χ3n) is 5.64. The third kappa shape index (κ3) is 3.81. The number of amides is 1. The Morgan fingerprint density at radius 1 is 1.17 bits per heavy atom. The Kier molecular flexibility index (Phi) is 5.32. The van der Waals surface area contributed by atoms with Crippen LogP contribution < -0.4 is 5.32 Å². The molecular weight excluding hydrogens is 376 g/mol. The number of nitrogens with one attached hydrogen (secondary N) is 1. The van der Waals surface area contributed by atoms with Crippen molar-refractivity contribution < 1.29 is 4.79 Å². The van der Waals surface area contributed by atoms with Gasteiger partial charge in [-0.15, -0.1) is 0 Å². The van der Waals surface area contributed by atoms with Crippen LogP contribution in [-0.4, -0.2) is 25.7 Å². The van der Waals surface area contributed by atoms with E-state index in [0.29, 0.717) is 17.2 Å². The van der Waals surface area contributed by atoms with Gasteiger partial charge < -0.3 is 5.32 Å². The Bertz CT molecular complexity index is 1110. The second-order valence-electron chi connectivity index (χ2n) is 7.62. The molecule has 4 rings (SSSR count). The van der Waals surface area contributed by atoms with E-state index in [-0.39, 0.29) is 12.5 Å². The molecule has 7 heteroatoms. The summed E-state index contributed by atoms with van der Waals surface area (Å²) in [7, 11) is 0. The van der Waals surface area contributed by atoms with Gasteiger partial charge in [-0.05, 0) is 60.6 Å². The molecule has 1 saturated carbocycles. The number of nitrogens with zero attached hydrogens (tertiary/aromatic N) is 5. The number of carbonyl (C=O) groups is 1. The summed E-state index contributed by atoms with van der Waals surface area (Å²) in [6, 6.07) is 12.1. The van der Waals surface area contributed by atoms with E-state index >= 15 is 0 Å². The molecule has 7 nitrogen and oxygen atoms in total. The first-order valence-electron chi connectivity index (χ1n) is 10.3. The molecule has 1 amide bonds. The van der Waals surface area contributed by atoms with Crippen molar-refractivity contribution in [1.29, 1.82) is 5.26 Å². The predicted molar refractivity (Wildman–Crippen MR) is 112 cm³/mol. The summed E-state index contributed by atoms with van der Waals surface area (Å²) in [6.07, 6.45) is 6.70. The van der Waals surface area contributed by atoms with Crippen LogP contribution in [-0.2, 0) is 24.8 Å². The van der Waals surface area contributed by atoms with Crippen molar-refractivity contribution in [2.24, 2.45) is 0 Å². The topological polar surface area (TPSA) is 96.5 Å². The van der Waals surface area contributed by atoms with Crippen molar-refractivity contribution >= 4 is 5.91 Å². The molecule has 0 atom stereocenters. The smallest absolute Gasteiger partial charge is 0.251 e. The van der Waals surface area contributed by atoms with Crippen LogP contribution in [0.5, 0.6) is 0 Å². The molecule has 30 heavy (non-hydrogen) atoms. The minimum absolute atomic E-state index is 0.191. The van der Waals surface area contributed by atoms with Gasteiger partial charge in [0, 0.05) is 11.8 Å². The zero-order valence-electron chi connectivity index (χ0n) is 17.2. The van der Waals surface area contributed by atoms with Gasteiger partial charge in [0.2, 0.25) is 0 Å². The van der Waals surface area contributed by atoms with Gasteiger partial charge in [0.05, 0.1) is 18.0 Å². The van der Waals surface area contributed by atoms with E-state index in [9.17, 15) is 10.1 Å². The van der Waals surface area contributed by atoms with Crippen molar-refractivity contribution in [2.45, 2.75) is 51.5 Å². The lowest BCUT2D eigenvalue weighted by Crippen LogP contribution is -2.25. The fourth-order valence-corrected chi connectivity index (χ4v) is 3.48. The van der Waals surface area contributed by atoms with Crippen LogP contribution in [0.1, 0.15) is 59.6 Å². The molecule has 0 aliphatic heterocycles. The first-order chi connectivity index (χ1) is 14.6. The lowest BCUT2D eigenvalue weighted by molar-refractivity contribution is 0.0949.